The molecule has 0 fully saturated rings. The van der Waals surface area contributed by atoms with Crippen molar-refractivity contribution >= 4 is 18.7 Å². The minimum atomic E-state index is -2.38. The summed E-state index contributed by atoms with van der Waals surface area (Å²) in [6.45, 7) is 10.2. The predicted octanol–water partition coefficient (Wildman–Crippen LogP) is 19.9. The number of hydrogen-bond donors (Lipinski definition) is 0. The molecule has 0 aliphatic carbocycles. The van der Waals surface area contributed by atoms with Gasteiger partial charge in [-0.15, -0.1) is 0 Å². The number of hydrogen-bond acceptors (Lipinski definition) is 1. The van der Waals surface area contributed by atoms with Gasteiger partial charge in [-0.05, 0) is 66.8 Å². The molecule has 0 spiro atoms. The lowest BCUT2D eigenvalue weighted by Gasteiger charge is -2.43. The average Bonchev–Trinajstić information content (AvgIpc) is 3.29. The number of unbranched alkanes of at least 4 members (excludes halogenated alkanes) is 36. The van der Waals surface area contributed by atoms with Crippen molar-refractivity contribution in [2.75, 3.05) is 6.61 Å². The quantitative estimate of drug-likeness (QED) is 0.0366. The summed E-state index contributed by atoms with van der Waals surface area (Å²) in [5, 5.41) is 2.85. The Kier molecular flexibility index (Phi) is 37.7. The molecule has 0 atom stereocenters. The summed E-state index contributed by atoms with van der Waals surface area (Å²) in [6.07, 6.45) is 64.8. The predicted molar refractivity (Wildman–Crippen MR) is 288 cm³/mol. The van der Waals surface area contributed by atoms with Crippen LogP contribution >= 0.6 is 0 Å². The molecule has 2 rings (SSSR count). The first-order valence-corrected chi connectivity index (χ1v) is 30.0. The van der Waals surface area contributed by atoms with Gasteiger partial charge in [-0.3, -0.25) is 0 Å². The van der Waals surface area contributed by atoms with Crippen LogP contribution in [0.2, 0.25) is 5.04 Å². The van der Waals surface area contributed by atoms with Crippen LogP contribution < -0.4 is 10.4 Å². The fourth-order valence-electron chi connectivity index (χ4n) is 9.88. The highest BCUT2D eigenvalue weighted by atomic mass is 28.4. The maximum atomic E-state index is 7.08. The smallest absolute Gasteiger partial charge is 0.261 e. The first-order valence-electron chi connectivity index (χ1n) is 28.1. The zero-order valence-corrected chi connectivity index (χ0v) is 43.8. The molecule has 0 amide bonds. The van der Waals surface area contributed by atoms with Gasteiger partial charge in [0.25, 0.3) is 8.32 Å². The van der Waals surface area contributed by atoms with Crippen LogP contribution in [0, 0.1) is 0 Å². The first kappa shape index (κ1) is 57.2. The second-order valence-electron chi connectivity index (χ2n) is 20.6. The molecule has 63 heavy (non-hydrogen) atoms. The lowest BCUT2D eigenvalue weighted by atomic mass is 10.0. The van der Waals surface area contributed by atoms with Gasteiger partial charge in [-0.2, -0.15) is 0 Å². The summed E-state index contributed by atoms with van der Waals surface area (Å²) in [5.41, 5.74) is 0. The molecule has 0 saturated heterocycles. The number of rotatable bonds is 45. The van der Waals surface area contributed by atoms with Crippen molar-refractivity contribution in [1.29, 1.82) is 0 Å². The topological polar surface area (TPSA) is 9.23 Å². The van der Waals surface area contributed by atoms with E-state index in [1.165, 1.54) is 261 Å². The van der Waals surface area contributed by atoms with Gasteiger partial charge in [-0.25, -0.2) is 0 Å². The number of benzene rings is 2. The highest BCUT2D eigenvalue weighted by Crippen LogP contribution is 2.37. The lowest BCUT2D eigenvalue weighted by Crippen LogP contribution is -2.66. The first-order chi connectivity index (χ1) is 31.0. The molecule has 0 bridgehead atoms. The monoisotopic (exact) mass is 883 g/mol. The summed E-state index contributed by atoms with van der Waals surface area (Å²) in [6, 6.07) is 22.2. The molecule has 0 heterocycles. The Morgan fingerprint density at radius 1 is 0.333 bits per heavy atom. The van der Waals surface area contributed by atoms with Crippen molar-refractivity contribution < 1.29 is 4.43 Å². The fourth-order valence-corrected chi connectivity index (χ4v) is 14.5. The van der Waals surface area contributed by atoms with Gasteiger partial charge in [0.05, 0.1) is 0 Å². The maximum absolute atomic E-state index is 7.08. The summed E-state index contributed by atoms with van der Waals surface area (Å²) in [5.74, 6) is 0. The molecular weight excluding hydrogens is 777 g/mol. The third-order valence-electron chi connectivity index (χ3n) is 13.8. The second kappa shape index (κ2) is 41.5. The molecule has 0 aromatic heterocycles. The molecule has 2 aromatic rings. The minimum absolute atomic E-state index is 0.0673. The third-order valence-corrected chi connectivity index (χ3v) is 18.9. The van der Waals surface area contributed by atoms with Crippen LogP contribution in [-0.2, 0) is 4.43 Å². The Balaban J connectivity index is 1.24. The van der Waals surface area contributed by atoms with Gasteiger partial charge in [0.2, 0.25) is 0 Å². The van der Waals surface area contributed by atoms with E-state index < -0.39 is 8.32 Å². The van der Waals surface area contributed by atoms with Crippen molar-refractivity contribution in [3.8, 4) is 0 Å². The Hall–Kier alpha value is -1.90. The molecule has 2 heteroatoms. The third kappa shape index (κ3) is 30.1. The molecule has 0 saturated carbocycles. The highest BCUT2D eigenvalue weighted by Gasteiger charge is 2.49. The summed E-state index contributed by atoms with van der Waals surface area (Å²) in [4.78, 5) is 0. The Bertz CT molecular complexity index is 1240. The highest BCUT2D eigenvalue weighted by molar-refractivity contribution is 6.99. The molecule has 0 unspecified atom stereocenters. The van der Waals surface area contributed by atoms with E-state index in [2.05, 4.69) is 113 Å². The molecule has 0 N–H and O–H groups in total. The molecule has 360 valence electrons. The van der Waals surface area contributed by atoms with Crippen LogP contribution in [0.1, 0.15) is 278 Å². The standard InChI is InChI=1S/C61H106OSi/c1-5-6-7-8-9-10-11-12-13-14-15-16-17-18-19-20-21-22-23-24-25-26-27-28-29-30-31-32-33-34-35-36-37-38-39-40-41-42-43-44-45-46-53-58-62-63(61(2,3)4,59-54-49-47-50-55-59)60-56-51-48-52-57-60/h6-7,17-18,47-52,54-57H,5,8-16,19-46,53,58H2,1-4H3. The van der Waals surface area contributed by atoms with Crippen molar-refractivity contribution in [2.24, 2.45) is 0 Å². The fraction of sp³-hybridized carbons (Fsp3) is 0.738. The van der Waals surface area contributed by atoms with E-state index in [9.17, 15) is 0 Å². The van der Waals surface area contributed by atoms with E-state index in [1.54, 1.807) is 0 Å². The molecule has 0 aliphatic rings. The van der Waals surface area contributed by atoms with Crippen LogP contribution in [0.4, 0.5) is 0 Å². The van der Waals surface area contributed by atoms with Crippen LogP contribution in [0.15, 0.2) is 85.0 Å². The van der Waals surface area contributed by atoms with Gasteiger partial charge in [-0.1, -0.05) is 312 Å². The van der Waals surface area contributed by atoms with Gasteiger partial charge in [0.1, 0.15) is 0 Å². The summed E-state index contributed by atoms with van der Waals surface area (Å²) < 4.78 is 7.08. The van der Waals surface area contributed by atoms with Crippen molar-refractivity contribution in [3.05, 3.63) is 85.0 Å². The van der Waals surface area contributed by atoms with Crippen molar-refractivity contribution in [2.45, 2.75) is 283 Å². The van der Waals surface area contributed by atoms with E-state index >= 15 is 0 Å². The van der Waals surface area contributed by atoms with E-state index in [0.29, 0.717) is 0 Å². The SMILES string of the molecule is CCC=CCCCCCCCCCC=CCCCCCCCCCCCCCCCCCCCCCCCCCCCCCCO[Si](c1ccccc1)(c1ccccc1)C(C)(C)C. The van der Waals surface area contributed by atoms with Crippen LogP contribution in [0.25, 0.3) is 0 Å². The van der Waals surface area contributed by atoms with E-state index in [4.69, 9.17) is 4.43 Å². The van der Waals surface area contributed by atoms with Crippen molar-refractivity contribution in [1.82, 2.24) is 0 Å². The Morgan fingerprint density at radius 3 is 0.825 bits per heavy atom. The van der Waals surface area contributed by atoms with Crippen LogP contribution in [0.5, 0.6) is 0 Å². The van der Waals surface area contributed by atoms with Crippen molar-refractivity contribution in [3.63, 3.8) is 0 Å². The van der Waals surface area contributed by atoms with Gasteiger partial charge in [0, 0.05) is 6.61 Å². The summed E-state index contributed by atoms with van der Waals surface area (Å²) >= 11 is 0. The zero-order chi connectivity index (χ0) is 45.0. The zero-order valence-electron chi connectivity index (χ0n) is 42.8. The molecule has 0 aliphatic heterocycles. The normalized spacial score (nSPS) is 12.4. The van der Waals surface area contributed by atoms with E-state index in [-0.39, 0.29) is 5.04 Å². The van der Waals surface area contributed by atoms with E-state index in [0.717, 1.165) is 6.61 Å². The minimum Gasteiger partial charge on any atom is -0.407 e. The molecule has 0 radical (unpaired) electrons. The van der Waals surface area contributed by atoms with Gasteiger partial charge < -0.3 is 4.43 Å². The van der Waals surface area contributed by atoms with E-state index in [1.807, 2.05) is 0 Å². The second-order valence-corrected chi connectivity index (χ2v) is 24.9. The number of allylic oxidation sites excluding steroid dienone is 4. The maximum Gasteiger partial charge on any atom is 0.261 e. The Labute approximate surface area is 396 Å². The largest absolute Gasteiger partial charge is 0.407 e. The summed E-state index contributed by atoms with van der Waals surface area (Å²) in [7, 11) is -2.38. The molecule has 1 nitrogen and oxygen atoms in total. The van der Waals surface area contributed by atoms with Gasteiger partial charge in [0.15, 0.2) is 0 Å². The average molecular weight is 884 g/mol. The van der Waals surface area contributed by atoms with Crippen LogP contribution in [-0.4, -0.2) is 14.9 Å². The van der Waals surface area contributed by atoms with Gasteiger partial charge >= 0.3 is 0 Å². The lowest BCUT2D eigenvalue weighted by molar-refractivity contribution is 0.286. The Morgan fingerprint density at radius 2 is 0.571 bits per heavy atom. The molecule has 2 aromatic carbocycles. The van der Waals surface area contributed by atoms with Crippen LogP contribution in [0.3, 0.4) is 0 Å². The molecular formula is C61H106OSi.